The summed E-state index contributed by atoms with van der Waals surface area (Å²) in [6.07, 6.45) is -4.55. The maximum atomic E-state index is 12.8. The van der Waals surface area contributed by atoms with Gasteiger partial charge in [0.25, 0.3) is 0 Å². The van der Waals surface area contributed by atoms with Gasteiger partial charge in [0, 0.05) is 5.69 Å². The summed E-state index contributed by atoms with van der Waals surface area (Å²) >= 11 is 12.0. The van der Waals surface area contributed by atoms with Crippen LogP contribution in [-0.4, -0.2) is 9.78 Å². The molecular weight excluding hydrogens is 338 g/mol. The van der Waals surface area contributed by atoms with Gasteiger partial charge in [-0.2, -0.15) is 23.5 Å². The summed E-state index contributed by atoms with van der Waals surface area (Å²) < 4.78 is 39.6. The molecule has 0 N–H and O–H groups in total. The second kappa shape index (κ2) is 5.82. The molecule has 0 unspecified atom stereocenters. The Balaban J connectivity index is 2.69. The SMILES string of the molecule is CC(C)c1cc(C#N)nn1-c1c(Cl)cc(C(F)(F)F)cc1Cl. The predicted octanol–water partition coefficient (Wildman–Crippen LogP) is 5.19. The second-order valence-electron chi connectivity index (χ2n) is 4.92. The van der Waals surface area contributed by atoms with Crippen LogP contribution in [-0.2, 0) is 6.18 Å². The highest BCUT2D eigenvalue weighted by Gasteiger charge is 2.32. The van der Waals surface area contributed by atoms with Crippen LogP contribution >= 0.6 is 23.2 Å². The van der Waals surface area contributed by atoms with Crippen molar-refractivity contribution in [2.75, 3.05) is 0 Å². The molecular formula is C14H10Cl2F3N3. The first-order chi connectivity index (χ1) is 10.1. The van der Waals surface area contributed by atoms with Crippen LogP contribution < -0.4 is 0 Å². The molecule has 1 heterocycles. The zero-order valence-corrected chi connectivity index (χ0v) is 13.1. The van der Waals surface area contributed by atoms with Crippen molar-refractivity contribution in [3.63, 3.8) is 0 Å². The minimum atomic E-state index is -4.55. The smallest absolute Gasteiger partial charge is 0.233 e. The molecule has 2 aromatic rings. The Hall–Kier alpha value is -1.71. The molecule has 0 amide bonds. The fourth-order valence-corrected chi connectivity index (χ4v) is 2.62. The fourth-order valence-electron chi connectivity index (χ4n) is 1.97. The van der Waals surface area contributed by atoms with Crippen LogP contribution in [0.4, 0.5) is 13.2 Å². The van der Waals surface area contributed by atoms with Gasteiger partial charge in [-0.05, 0) is 24.1 Å². The Morgan fingerprint density at radius 2 is 1.73 bits per heavy atom. The molecule has 1 aromatic heterocycles. The number of hydrogen-bond acceptors (Lipinski definition) is 2. The summed E-state index contributed by atoms with van der Waals surface area (Å²) in [4.78, 5) is 0. The van der Waals surface area contributed by atoms with Crippen molar-refractivity contribution < 1.29 is 13.2 Å². The summed E-state index contributed by atoms with van der Waals surface area (Å²) in [5, 5.41) is 12.6. The monoisotopic (exact) mass is 347 g/mol. The van der Waals surface area contributed by atoms with Crippen LogP contribution in [0, 0.1) is 11.3 Å². The van der Waals surface area contributed by atoms with E-state index in [-0.39, 0.29) is 27.3 Å². The minimum absolute atomic E-state index is 0.0241. The van der Waals surface area contributed by atoms with Gasteiger partial charge in [-0.1, -0.05) is 37.0 Å². The third kappa shape index (κ3) is 3.06. The van der Waals surface area contributed by atoms with E-state index in [0.29, 0.717) is 5.69 Å². The van der Waals surface area contributed by atoms with Crippen molar-refractivity contribution in [3.8, 4) is 11.8 Å². The van der Waals surface area contributed by atoms with E-state index in [9.17, 15) is 13.2 Å². The number of nitrogens with zero attached hydrogens (tertiary/aromatic N) is 3. The van der Waals surface area contributed by atoms with Crippen molar-refractivity contribution in [2.24, 2.45) is 0 Å². The van der Waals surface area contributed by atoms with Crippen LogP contribution in [0.5, 0.6) is 0 Å². The molecule has 8 heteroatoms. The summed E-state index contributed by atoms with van der Waals surface area (Å²) in [5.74, 6) is -0.0241. The van der Waals surface area contributed by atoms with Crippen LogP contribution in [0.25, 0.3) is 5.69 Å². The second-order valence-corrected chi connectivity index (χ2v) is 5.73. The molecule has 0 bridgehead atoms. The quantitative estimate of drug-likeness (QED) is 0.749. The van der Waals surface area contributed by atoms with E-state index in [4.69, 9.17) is 28.5 Å². The van der Waals surface area contributed by atoms with Gasteiger partial charge in [-0.15, -0.1) is 0 Å². The normalized spacial score (nSPS) is 11.8. The molecule has 0 aliphatic heterocycles. The van der Waals surface area contributed by atoms with E-state index in [1.165, 1.54) is 4.68 Å². The number of halogens is 5. The van der Waals surface area contributed by atoms with Gasteiger partial charge in [-0.3, -0.25) is 0 Å². The van der Waals surface area contributed by atoms with Gasteiger partial charge in [0.05, 0.1) is 15.6 Å². The molecule has 3 nitrogen and oxygen atoms in total. The minimum Gasteiger partial charge on any atom is -0.233 e. The average Bonchev–Trinajstić information content (AvgIpc) is 2.81. The molecule has 0 aliphatic rings. The molecule has 1 aromatic carbocycles. The highest BCUT2D eigenvalue weighted by Crippen LogP contribution is 2.38. The number of alkyl halides is 3. The number of aromatic nitrogens is 2. The van der Waals surface area contributed by atoms with E-state index in [1.54, 1.807) is 6.07 Å². The number of benzene rings is 1. The van der Waals surface area contributed by atoms with Crippen LogP contribution in [0.2, 0.25) is 10.0 Å². The standard InChI is InChI=1S/C14H10Cl2F3N3/c1-7(2)12-5-9(6-20)21-22(12)13-10(15)3-8(4-11(13)16)14(17,18)19/h3-5,7H,1-2H3. The molecule has 0 fully saturated rings. The Morgan fingerprint density at radius 1 is 1.18 bits per heavy atom. The van der Waals surface area contributed by atoms with Crippen molar-refractivity contribution in [3.05, 3.63) is 45.2 Å². The molecule has 0 saturated heterocycles. The maximum absolute atomic E-state index is 12.8. The molecule has 2 rings (SSSR count). The number of nitriles is 1. The van der Waals surface area contributed by atoms with Crippen molar-refractivity contribution in [1.29, 1.82) is 5.26 Å². The Labute approximate surface area is 134 Å². The maximum Gasteiger partial charge on any atom is 0.416 e. The van der Waals surface area contributed by atoms with Crippen molar-refractivity contribution in [1.82, 2.24) is 9.78 Å². The Bertz CT molecular complexity index is 735. The van der Waals surface area contributed by atoms with E-state index < -0.39 is 11.7 Å². The van der Waals surface area contributed by atoms with Gasteiger partial charge in [0.15, 0.2) is 5.69 Å². The molecule has 0 saturated carbocycles. The summed E-state index contributed by atoms with van der Waals surface area (Å²) in [6, 6.07) is 5.02. The first-order valence-electron chi connectivity index (χ1n) is 6.21. The molecule has 0 radical (unpaired) electrons. The lowest BCUT2D eigenvalue weighted by atomic mass is 10.1. The first-order valence-corrected chi connectivity index (χ1v) is 6.97. The lowest BCUT2D eigenvalue weighted by Crippen LogP contribution is -2.09. The van der Waals surface area contributed by atoms with Gasteiger partial charge in [0.2, 0.25) is 0 Å². The summed E-state index contributed by atoms with van der Waals surface area (Å²) in [7, 11) is 0. The van der Waals surface area contributed by atoms with Crippen molar-refractivity contribution in [2.45, 2.75) is 25.9 Å². The Morgan fingerprint density at radius 3 is 2.14 bits per heavy atom. The van der Waals surface area contributed by atoms with Crippen LogP contribution in [0.3, 0.4) is 0 Å². The lowest BCUT2D eigenvalue weighted by molar-refractivity contribution is -0.137. The van der Waals surface area contributed by atoms with Gasteiger partial charge in [-0.25, -0.2) is 4.68 Å². The van der Waals surface area contributed by atoms with Gasteiger partial charge < -0.3 is 0 Å². The van der Waals surface area contributed by atoms with Gasteiger partial charge >= 0.3 is 6.18 Å². The number of rotatable bonds is 2. The number of hydrogen-bond donors (Lipinski definition) is 0. The largest absolute Gasteiger partial charge is 0.416 e. The molecule has 0 atom stereocenters. The van der Waals surface area contributed by atoms with E-state index >= 15 is 0 Å². The third-order valence-electron chi connectivity index (χ3n) is 3.00. The van der Waals surface area contributed by atoms with E-state index in [1.807, 2.05) is 19.9 Å². The first kappa shape index (κ1) is 16.7. The topological polar surface area (TPSA) is 41.6 Å². The summed E-state index contributed by atoms with van der Waals surface area (Å²) in [5.41, 5.74) is -0.0533. The summed E-state index contributed by atoms with van der Waals surface area (Å²) in [6.45, 7) is 3.72. The molecule has 0 spiro atoms. The lowest BCUT2D eigenvalue weighted by Gasteiger charge is -2.15. The highest BCUT2D eigenvalue weighted by molar-refractivity contribution is 6.37. The predicted molar refractivity (Wildman–Crippen MR) is 77.4 cm³/mol. The van der Waals surface area contributed by atoms with Crippen LogP contribution in [0.1, 0.15) is 36.7 Å². The zero-order valence-electron chi connectivity index (χ0n) is 11.5. The average molecular weight is 348 g/mol. The van der Waals surface area contributed by atoms with Crippen LogP contribution in [0.15, 0.2) is 18.2 Å². The van der Waals surface area contributed by atoms with Crippen molar-refractivity contribution >= 4 is 23.2 Å². The zero-order chi connectivity index (χ0) is 16.7. The fraction of sp³-hybridized carbons (Fsp3) is 0.286. The van der Waals surface area contributed by atoms with E-state index in [2.05, 4.69) is 5.10 Å². The molecule has 116 valence electrons. The third-order valence-corrected chi connectivity index (χ3v) is 3.58. The highest BCUT2D eigenvalue weighted by atomic mass is 35.5. The van der Waals surface area contributed by atoms with E-state index in [0.717, 1.165) is 12.1 Å². The van der Waals surface area contributed by atoms with Gasteiger partial charge in [0.1, 0.15) is 11.8 Å². The Kier molecular flexibility index (Phi) is 4.41. The molecule has 0 aliphatic carbocycles. The molecule has 22 heavy (non-hydrogen) atoms.